The highest BCUT2D eigenvalue weighted by Gasteiger charge is 2.31. The molecule has 0 atom stereocenters. The first-order chi connectivity index (χ1) is 19.2. The number of nitrogens with one attached hydrogen (secondary N) is 1. The van der Waals surface area contributed by atoms with Crippen LogP contribution in [-0.4, -0.2) is 42.1 Å². The van der Waals surface area contributed by atoms with Gasteiger partial charge < -0.3 is 19.7 Å². The molecule has 0 spiro atoms. The van der Waals surface area contributed by atoms with Crippen LogP contribution in [0.15, 0.2) is 66.9 Å². The minimum atomic E-state index is -4.68. The highest BCUT2D eigenvalue weighted by molar-refractivity contribution is 6.02. The molecule has 0 aliphatic carbocycles. The van der Waals surface area contributed by atoms with E-state index in [1.54, 1.807) is 36.0 Å². The maximum atomic E-state index is 13.1. The Morgan fingerprint density at radius 3 is 2.35 bits per heavy atom. The lowest BCUT2D eigenvalue weighted by Gasteiger charge is -2.34. The van der Waals surface area contributed by atoms with Gasteiger partial charge in [-0.1, -0.05) is 31.2 Å². The van der Waals surface area contributed by atoms with Crippen molar-refractivity contribution in [3.05, 3.63) is 89.2 Å². The van der Waals surface area contributed by atoms with Gasteiger partial charge in [-0.2, -0.15) is 5.10 Å². The summed E-state index contributed by atoms with van der Waals surface area (Å²) in [6.07, 6.45) is -0.454. The van der Waals surface area contributed by atoms with Gasteiger partial charge in [0.2, 0.25) is 0 Å². The molecular weight excluding hydrogens is 521 g/mol. The molecule has 210 valence electrons. The monoisotopic (exact) mass is 552 g/mol. The lowest BCUT2D eigenvalue weighted by molar-refractivity contribution is -0.274. The van der Waals surface area contributed by atoms with Crippen LogP contribution in [0.3, 0.4) is 0 Å². The zero-order valence-electron chi connectivity index (χ0n) is 22.4. The zero-order valence-corrected chi connectivity index (χ0v) is 22.4. The number of methoxy groups -OCH3 is 1. The summed E-state index contributed by atoms with van der Waals surface area (Å²) in [7, 11) is 1.59. The molecule has 0 bridgehead atoms. The molecule has 1 saturated heterocycles. The third-order valence-corrected chi connectivity index (χ3v) is 7.31. The number of fused-ring (bicyclic) bond motifs is 1. The molecule has 1 aliphatic rings. The second-order valence-electron chi connectivity index (χ2n) is 9.80. The topological polar surface area (TPSA) is 68.1 Å². The number of amides is 1. The first-order valence-corrected chi connectivity index (χ1v) is 13.3. The molecule has 1 amide bonds. The Morgan fingerprint density at radius 2 is 1.73 bits per heavy atom. The Kier molecular flexibility index (Phi) is 7.86. The molecule has 4 aromatic rings. The first-order valence-electron chi connectivity index (χ1n) is 13.3. The minimum Gasteiger partial charge on any atom is -0.497 e. The highest BCUT2D eigenvalue weighted by atomic mass is 19.4. The summed E-state index contributed by atoms with van der Waals surface area (Å²) < 4.78 is 48.2. The van der Waals surface area contributed by atoms with Gasteiger partial charge in [0, 0.05) is 37.6 Å². The number of aryl methyl sites for hydroxylation is 1. The van der Waals surface area contributed by atoms with Crippen molar-refractivity contribution in [2.24, 2.45) is 0 Å². The van der Waals surface area contributed by atoms with Gasteiger partial charge >= 0.3 is 6.36 Å². The van der Waals surface area contributed by atoms with Gasteiger partial charge in [-0.25, -0.2) is 4.52 Å². The number of anilines is 1. The van der Waals surface area contributed by atoms with Crippen LogP contribution in [0, 0.1) is 0 Å². The first kappa shape index (κ1) is 27.4. The van der Waals surface area contributed by atoms with Crippen LogP contribution >= 0.6 is 0 Å². The number of pyridine rings is 1. The molecule has 7 nitrogen and oxygen atoms in total. The number of carbonyl (C=O) groups excluding carboxylic acids is 1. The molecule has 10 heteroatoms. The van der Waals surface area contributed by atoms with E-state index in [1.165, 1.54) is 12.1 Å². The van der Waals surface area contributed by atoms with E-state index in [0.29, 0.717) is 35.7 Å². The number of aromatic nitrogens is 2. The number of hydrogen-bond donors (Lipinski definition) is 1. The van der Waals surface area contributed by atoms with Crippen LogP contribution in [0.4, 0.5) is 18.9 Å². The second-order valence-corrected chi connectivity index (χ2v) is 9.80. The maximum Gasteiger partial charge on any atom is 0.573 e. The van der Waals surface area contributed by atoms with Gasteiger partial charge in [-0.05, 0) is 66.6 Å². The van der Waals surface area contributed by atoms with E-state index in [-0.39, 0.29) is 11.7 Å². The largest absolute Gasteiger partial charge is 0.573 e. The van der Waals surface area contributed by atoms with Crippen LogP contribution in [0.1, 0.15) is 52.9 Å². The molecule has 5 rings (SSSR count). The zero-order chi connectivity index (χ0) is 28.3. The summed E-state index contributed by atoms with van der Waals surface area (Å²) in [6.45, 7) is 4.05. The van der Waals surface area contributed by atoms with E-state index in [1.807, 2.05) is 25.1 Å². The Hall–Kier alpha value is -4.21. The number of hydrogen-bond acceptors (Lipinski definition) is 5. The van der Waals surface area contributed by atoms with Crippen molar-refractivity contribution in [1.82, 2.24) is 14.9 Å². The lowest BCUT2D eigenvalue weighted by atomic mass is 9.89. The van der Waals surface area contributed by atoms with Crippen molar-refractivity contribution in [1.29, 1.82) is 0 Å². The maximum absolute atomic E-state index is 13.1. The van der Waals surface area contributed by atoms with Crippen LogP contribution in [0.2, 0.25) is 0 Å². The van der Waals surface area contributed by atoms with Gasteiger partial charge in [0.1, 0.15) is 11.5 Å². The SMILES string of the molecule is CCc1nn2ccc(OC)cc2c1C(=O)NCc1ccc(N2CCC(c3ccc(OC(F)(F)F)cc3)CC2)cc1. The average molecular weight is 553 g/mol. The van der Waals surface area contributed by atoms with Gasteiger partial charge in [0.15, 0.2) is 0 Å². The Labute approximate surface area is 230 Å². The quantitative estimate of drug-likeness (QED) is 0.285. The summed E-state index contributed by atoms with van der Waals surface area (Å²) in [5.74, 6) is 0.578. The fourth-order valence-corrected chi connectivity index (χ4v) is 5.21. The van der Waals surface area contributed by atoms with Gasteiger partial charge in [0.05, 0.1) is 23.9 Å². The normalized spacial score (nSPS) is 14.4. The van der Waals surface area contributed by atoms with Crippen molar-refractivity contribution < 1.29 is 27.4 Å². The Bertz CT molecular complexity index is 1460. The molecule has 1 N–H and O–H groups in total. The summed E-state index contributed by atoms with van der Waals surface area (Å²) in [4.78, 5) is 15.4. The summed E-state index contributed by atoms with van der Waals surface area (Å²) in [6, 6.07) is 18.0. The average Bonchev–Trinajstić information content (AvgIpc) is 3.34. The lowest BCUT2D eigenvalue weighted by Crippen LogP contribution is -2.32. The van der Waals surface area contributed by atoms with E-state index >= 15 is 0 Å². The summed E-state index contributed by atoms with van der Waals surface area (Å²) >= 11 is 0. The van der Waals surface area contributed by atoms with Crippen molar-refractivity contribution >= 4 is 17.1 Å². The number of halogens is 3. The Morgan fingerprint density at radius 1 is 1.02 bits per heavy atom. The number of piperidine rings is 1. The van der Waals surface area contributed by atoms with Gasteiger partial charge in [0.25, 0.3) is 5.91 Å². The predicted molar refractivity (Wildman–Crippen MR) is 146 cm³/mol. The molecule has 0 radical (unpaired) electrons. The van der Waals surface area contributed by atoms with Crippen molar-refractivity contribution in [2.45, 2.75) is 45.0 Å². The smallest absolute Gasteiger partial charge is 0.497 e. The molecule has 1 aliphatic heterocycles. The minimum absolute atomic E-state index is 0.177. The van der Waals surface area contributed by atoms with E-state index in [9.17, 15) is 18.0 Å². The predicted octanol–water partition coefficient (Wildman–Crippen LogP) is 6.12. The van der Waals surface area contributed by atoms with Gasteiger partial charge in [-0.15, -0.1) is 13.2 Å². The number of rotatable bonds is 8. The fourth-order valence-electron chi connectivity index (χ4n) is 5.21. The summed E-state index contributed by atoms with van der Waals surface area (Å²) in [5, 5.41) is 7.56. The second kappa shape index (κ2) is 11.5. The third kappa shape index (κ3) is 6.16. The summed E-state index contributed by atoms with van der Waals surface area (Å²) in [5.41, 5.74) is 5.11. The van der Waals surface area contributed by atoms with E-state index < -0.39 is 6.36 Å². The van der Waals surface area contributed by atoms with Crippen LogP contribution in [-0.2, 0) is 13.0 Å². The highest BCUT2D eigenvalue weighted by Crippen LogP contribution is 2.32. The van der Waals surface area contributed by atoms with Crippen LogP contribution in [0.25, 0.3) is 5.52 Å². The molecule has 2 aromatic carbocycles. The Balaban J connectivity index is 1.16. The van der Waals surface area contributed by atoms with Crippen molar-refractivity contribution in [2.75, 3.05) is 25.1 Å². The number of alkyl halides is 3. The fraction of sp³-hybridized carbons (Fsp3) is 0.333. The molecule has 0 saturated carbocycles. The molecule has 2 aromatic heterocycles. The molecule has 0 unspecified atom stereocenters. The third-order valence-electron chi connectivity index (χ3n) is 7.31. The number of nitrogens with zero attached hydrogens (tertiary/aromatic N) is 3. The number of carbonyl (C=O) groups is 1. The van der Waals surface area contributed by atoms with Crippen molar-refractivity contribution in [3.63, 3.8) is 0 Å². The number of ether oxygens (including phenoxy) is 2. The van der Waals surface area contributed by atoms with E-state index in [2.05, 4.69) is 32.2 Å². The van der Waals surface area contributed by atoms with E-state index in [0.717, 1.165) is 48.4 Å². The molecule has 40 heavy (non-hydrogen) atoms. The standard InChI is InChI=1S/C30H31F3N4O3/c1-3-26-28(27-18-25(39-2)14-17-37(27)35-26)29(38)34-19-20-4-8-23(9-5-20)36-15-12-22(13-16-36)21-6-10-24(11-7-21)40-30(31,32)33/h4-11,14,17-18,22H,3,12-13,15-16,19H2,1-2H3,(H,34,38). The van der Waals surface area contributed by atoms with Crippen LogP contribution in [0.5, 0.6) is 11.5 Å². The van der Waals surface area contributed by atoms with Crippen molar-refractivity contribution in [3.8, 4) is 11.5 Å². The molecule has 1 fully saturated rings. The van der Waals surface area contributed by atoms with Gasteiger partial charge in [-0.3, -0.25) is 4.79 Å². The molecule has 3 heterocycles. The number of benzene rings is 2. The van der Waals surface area contributed by atoms with E-state index in [4.69, 9.17) is 4.74 Å². The van der Waals surface area contributed by atoms with Crippen LogP contribution < -0.4 is 19.7 Å². The molecular formula is C30H31F3N4O3.